The van der Waals surface area contributed by atoms with Crippen molar-refractivity contribution in [2.24, 2.45) is 0 Å². The van der Waals surface area contributed by atoms with Gasteiger partial charge in [-0.2, -0.15) is 4.31 Å². The summed E-state index contributed by atoms with van der Waals surface area (Å²) in [5.41, 5.74) is 1.70. The molecule has 43 heavy (non-hydrogen) atoms. The number of morpholine rings is 1. The second-order valence-electron chi connectivity index (χ2n) is 9.89. The van der Waals surface area contributed by atoms with E-state index in [9.17, 15) is 18.0 Å². The van der Waals surface area contributed by atoms with Crippen molar-refractivity contribution in [1.82, 2.24) is 14.5 Å². The molecule has 4 rings (SSSR count). The van der Waals surface area contributed by atoms with Gasteiger partial charge >= 0.3 is 0 Å². The predicted molar refractivity (Wildman–Crippen MR) is 162 cm³/mol. The van der Waals surface area contributed by atoms with Gasteiger partial charge in [0.2, 0.25) is 15.9 Å². The molecular weight excluding hydrogens is 570 g/mol. The quantitative estimate of drug-likeness (QED) is 0.280. The van der Waals surface area contributed by atoms with Gasteiger partial charge in [-0.3, -0.25) is 9.59 Å². The number of amides is 2. The van der Waals surface area contributed by atoms with E-state index in [-0.39, 0.29) is 30.5 Å². The first-order chi connectivity index (χ1) is 20.8. The summed E-state index contributed by atoms with van der Waals surface area (Å²) in [5, 5.41) is 2.83. The second-order valence-corrected chi connectivity index (χ2v) is 11.8. The van der Waals surface area contributed by atoms with E-state index in [2.05, 4.69) is 11.9 Å². The molecule has 3 aromatic rings. The van der Waals surface area contributed by atoms with Crippen LogP contribution in [0, 0.1) is 0 Å². The molecule has 3 aromatic carbocycles. The van der Waals surface area contributed by atoms with E-state index in [1.807, 2.05) is 42.5 Å². The van der Waals surface area contributed by atoms with Crippen LogP contribution in [0.1, 0.15) is 11.1 Å². The van der Waals surface area contributed by atoms with Crippen molar-refractivity contribution < 1.29 is 32.2 Å². The first-order valence-electron chi connectivity index (χ1n) is 14.0. The molecule has 1 fully saturated rings. The van der Waals surface area contributed by atoms with Crippen molar-refractivity contribution in [2.75, 3.05) is 46.6 Å². The van der Waals surface area contributed by atoms with Gasteiger partial charge in [0.1, 0.15) is 17.5 Å². The fourth-order valence-corrected chi connectivity index (χ4v) is 6.05. The molecule has 0 aromatic heterocycles. The van der Waals surface area contributed by atoms with Crippen LogP contribution in [0.25, 0.3) is 0 Å². The molecule has 0 spiro atoms. The highest BCUT2D eigenvalue weighted by Crippen LogP contribution is 2.22. The Balaban J connectivity index is 1.54. The molecule has 0 saturated carbocycles. The summed E-state index contributed by atoms with van der Waals surface area (Å²) < 4.78 is 43.6. The van der Waals surface area contributed by atoms with E-state index >= 15 is 0 Å². The highest BCUT2D eigenvalue weighted by atomic mass is 32.2. The van der Waals surface area contributed by atoms with Crippen LogP contribution in [0.15, 0.2) is 96.4 Å². The van der Waals surface area contributed by atoms with Crippen LogP contribution in [0.4, 0.5) is 0 Å². The summed E-state index contributed by atoms with van der Waals surface area (Å²) in [7, 11) is -2.08. The number of benzene rings is 3. The van der Waals surface area contributed by atoms with Crippen LogP contribution < -0.4 is 14.8 Å². The lowest BCUT2D eigenvalue weighted by Gasteiger charge is -2.31. The van der Waals surface area contributed by atoms with Crippen LogP contribution in [0.5, 0.6) is 11.5 Å². The van der Waals surface area contributed by atoms with Crippen molar-refractivity contribution in [1.29, 1.82) is 0 Å². The monoisotopic (exact) mass is 607 g/mol. The van der Waals surface area contributed by atoms with Gasteiger partial charge in [-0.1, -0.05) is 48.5 Å². The van der Waals surface area contributed by atoms with Gasteiger partial charge in [0, 0.05) is 32.6 Å². The van der Waals surface area contributed by atoms with Crippen molar-refractivity contribution in [3.05, 3.63) is 103 Å². The molecule has 1 saturated heterocycles. The molecule has 228 valence electrons. The molecule has 0 aliphatic carbocycles. The Kier molecular flexibility index (Phi) is 11.3. The van der Waals surface area contributed by atoms with Gasteiger partial charge in [-0.05, 0) is 47.5 Å². The Bertz CT molecular complexity index is 1460. The summed E-state index contributed by atoms with van der Waals surface area (Å²) in [5.74, 6) is 0.279. The maximum absolute atomic E-state index is 13.7. The minimum absolute atomic E-state index is 0.135. The summed E-state index contributed by atoms with van der Waals surface area (Å²) in [6.45, 7) is 5.03. The highest BCUT2D eigenvalue weighted by Gasteiger charge is 2.31. The summed E-state index contributed by atoms with van der Waals surface area (Å²) in [6, 6.07) is 21.9. The van der Waals surface area contributed by atoms with E-state index in [0.29, 0.717) is 44.2 Å². The van der Waals surface area contributed by atoms with Crippen LogP contribution >= 0.6 is 0 Å². The first kappa shape index (κ1) is 31.7. The average Bonchev–Trinajstić information content (AvgIpc) is 3.05. The smallest absolute Gasteiger partial charge is 0.261 e. The molecule has 1 atom stereocenters. The van der Waals surface area contributed by atoms with Gasteiger partial charge in [0.25, 0.3) is 5.91 Å². The third kappa shape index (κ3) is 8.66. The number of nitrogens with zero attached hydrogens (tertiary/aromatic N) is 2. The fraction of sp³-hybridized carbons (Fsp3) is 0.312. The highest BCUT2D eigenvalue weighted by molar-refractivity contribution is 7.89. The second kappa shape index (κ2) is 15.3. The SMILES string of the molecule is C=CCNC(=O)[C@@H](Cc1ccccc1)N(Cc1ccc(OC)cc1)C(=O)COc1ccc(S(=O)(=O)N2CCOCC2)cc1. The summed E-state index contributed by atoms with van der Waals surface area (Å²) >= 11 is 0. The average molecular weight is 608 g/mol. The van der Waals surface area contributed by atoms with Crippen LogP contribution in [0.2, 0.25) is 0 Å². The number of sulfonamides is 1. The van der Waals surface area contributed by atoms with E-state index in [1.165, 1.54) is 33.5 Å². The number of ether oxygens (including phenoxy) is 3. The third-order valence-corrected chi connectivity index (χ3v) is 8.91. The van der Waals surface area contributed by atoms with E-state index in [1.54, 1.807) is 25.3 Å². The zero-order valence-electron chi connectivity index (χ0n) is 24.2. The van der Waals surface area contributed by atoms with Gasteiger partial charge in [-0.15, -0.1) is 6.58 Å². The molecule has 1 aliphatic rings. The normalized spacial score (nSPS) is 14.3. The molecule has 1 N–H and O–H groups in total. The number of carbonyl (C=O) groups excluding carboxylic acids is 2. The van der Waals surface area contributed by atoms with E-state index < -0.39 is 22.0 Å². The maximum Gasteiger partial charge on any atom is 0.261 e. The van der Waals surface area contributed by atoms with Gasteiger partial charge in [0.15, 0.2) is 6.61 Å². The van der Waals surface area contributed by atoms with Crippen LogP contribution in [-0.2, 0) is 37.3 Å². The number of hydrogen-bond acceptors (Lipinski definition) is 7. The van der Waals surface area contributed by atoms with Crippen molar-refractivity contribution in [3.8, 4) is 11.5 Å². The molecule has 2 amide bonds. The number of rotatable bonds is 14. The van der Waals surface area contributed by atoms with Crippen molar-refractivity contribution in [3.63, 3.8) is 0 Å². The van der Waals surface area contributed by atoms with Gasteiger partial charge < -0.3 is 24.4 Å². The zero-order chi connectivity index (χ0) is 30.7. The lowest BCUT2D eigenvalue weighted by Crippen LogP contribution is -2.51. The number of hydrogen-bond donors (Lipinski definition) is 1. The summed E-state index contributed by atoms with van der Waals surface area (Å²) in [4.78, 5) is 28.8. The molecule has 0 radical (unpaired) electrons. The van der Waals surface area contributed by atoms with Crippen molar-refractivity contribution in [2.45, 2.75) is 23.9 Å². The third-order valence-electron chi connectivity index (χ3n) is 7.00. The van der Waals surface area contributed by atoms with E-state index in [4.69, 9.17) is 14.2 Å². The maximum atomic E-state index is 13.7. The molecule has 0 bridgehead atoms. The summed E-state index contributed by atoms with van der Waals surface area (Å²) in [6.07, 6.45) is 1.87. The largest absolute Gasteiger partial charge is 0.497 e. The Labute approximate surface area is 252 Å². The molecule has 10 nitrogen and oxygen atoms in total. The lowest BCUT2D eigenvalue weighted by atomic mass is 10.0. The van der Waals surface area contributed by atoms with E-state index in [0.717, 1.165) is 11.1 Å². The minimum Gasteiger partial charge on any atom is -0.497 e. The number of nitrogens with one attached hydrogen (secondary N) is 1. The van der Waals surface area contributed by atoms with Crippen LogP contribution in [-0.4, -0.2) is 82.0 Å². The molecule has 0 unspecified atom stereocenters. The van der Waals surface area contributed by atoms with Gasteiger partial charge in [0.05, 0.1) is 25.2 Å². The van der Waals surface area contributed by atoms with Crippen molar-refractivity contribution >= 4 is 21.8 Å². The lowest BCUT2D eigenvalue weighted by molar-refractivity contribution is -0.142. The molecular formula is C32H37N3O7S. The molecule has 11 heteroatoms. The Hall–Kier alpha value is -4.19. The van der Waals surface area contributed by atoms with Crippen LogP contribution in [0.3, 0.4) is 0 Å². The predicted octanol–water partition coefficient (Wildman–Crippen LogP) is 3.04. The standard InChI is InChI=1S/C32H37N3O7S/c1-3-17-33-32(37)30(22-25-7-5-4-6-8-25)35(23-26-9-11-27(40-2)12-10-26)31(36)24-42-28-13-15-29(16-14-28)43(38,39)34-18-20-41-21-19-34/h3-16,30H,1,17-24H2,2H3,(H,33,37)/t30-/m1/s1. The number of methoxy groups -OCH3 is 1. The topological polar surface area (TPSA) is 114 Å². The molecule has 1 aliphatic heterocycles. The molecule has 1 heterocycles. The Morgan fingerprint density at radius 1 is 0.977 bits per heavy atom. The Morgan fingerprint density at radius 2 is 1.63 bits per heavy atom. The number of carbonyl (C=O) groups is 2. The Morgan fingerprint density at radius 3 is 2.26 bits per heavy atom. The fourth-order valence-electron chi connectivity index (χ4n) is 4.64. The first-order valence-corrected chi connectivity index (χ1v) is 15.4. The zero-order valence-corrected chi connectivity index (χ0v) is 25.0. The minimum atomic E-state index is -3.66. The van der Waals surface area contributed by atoms with Gasteiger partial charge in [-0.25, -0.2) is 8.42 Å².